The molecular weight excluding hydrogens is 214 g/mol. The molecule has 4 nitrogen and oxygen atoms in total. The molecule has 0 amide bonds. The Morgan fingerprint density at radius 3 is 2.24 bits per heavy atom. The number of morpholine rings is 1. The van der Waals surface area contributed by atoms with Crippen LogP contribution in [0.1, 0.15) is 32.1 Å². The number of hydrogen-bond donors (Lipinski definition) is 0. The third kappa shape index (κ3) is 2.65. The van der Waals surface area contributed by atoms with Crippen molar-refractivity contribution >= 4 is 0 Å². The lowest BCUT2D eigenvalue weighted by molar-refractivity contribution is -0.157. The molecule has 1 atom stereocenters. The van der Waals surface area contributed by atoms with Crippen LogP contribution in [0.25, 0.3) is 0 Å². The second-order valence-electron chi connectivity index (χ2n) is 5.45. The summed E-state index contributed by atoms with van der Waals surface area (Å²) in [6.45, 7) is 7.86. The van der Waals surface area contributed by atoms with Crippen LogP contribution in [0.4, 0.5) is 0 Å². The van der Waals surface area contributed by atoms with E-state index in [-0.39, 0.29) is 0 Å². The number of nitrogens with zero attached hydrogens (tertiary/aromatic N) is 3. The molecule has 0 N–H and O–H groups in total. The normalized spacial score (nSPS) is 34.2. The molecule has 0 radical (unpaired) electrons. The van der Waals surface area contributed by atoms with Crippen molar-refractivity contribution in [2.24, 2.45) is 0 Å². The molecule has 0 saturated carbocycles. The lowest BCUT2D eigenvalue weighted by atomic mass is 10.1. The molecule has 3 fully saturated rings. The molecule has 0 aromatic rings. The summed E-state index contributed by atoms with van der Waals surface area (Å²) in [6.07, 6.45) is 7.60. The Morgan fingerprint density at radius 2 is 1.47 bits per heavy atom. The maximum atomic E-state index is 5.47. The third-order valence-electron chi connectivity index (χ3n) is 4.36. The first-order valence-electron chi connectivity index (χ1n) is 7.28. The van der Waals surface area contributed by atoms with Crippen molar-refractivity contribution in [2.45, 2.75) is 38.3 Å². The highest BCUT2D eigenvalue weighted by Gasteiger charge is 2.33. The highest BCUT2D eigenvalue weighted by Crippen LogP contribution is 2.25. The Labute approximate surface area is 104 Å². The number of rotatable bonds is 2. The van der Waals surface area contributed by atoms with Crippen molar-refractivity contribution in [3.63, 3.8) is 0 Å². The van der Waals surface area contributed by atoms with Gasteiger partial charge in [-0.1, -0.05) is 0 Å². The van der Waals surface area contributed by atoms with Crippen molar-refractivity contribution in [1.82, 2.24) is 14.9 Å². The Morgan fingerprint density at radius 1 is 0.765 bits per heavy atom. The predicted molar refractivity (Wildman–Crippen MR) is 67.5 cm³/mol. The van der Waals surface area contributed by atoms with Gasteiger partial charge in [-0.25, -0.2) is 10.0 Å². The molecule has 0 aromatic heterocycles. The zero-order valence-electron chi connectivity index (χ0n) is 10.8. The molecule has 98 valence electrons. The minimum atomic E-state index is 0.685. The van der Waals surface area contributed by atoms with Crippen molar-refractivity contribution in [3.8, 4) is 0 Å². The van der Waals surface area contributed by atoms with E-state index in [2.05, 4.69) is 14.9 Å². The molecule has 3 aliphatic rings. The molecule has 1 unspecified atom stereocenters. The molecule has 4 heteroatoms. The lowest BCUT2D eigenvalue weighted by Gasteiger charge is -2.47. The van der Waals surface area contributed by atoms with Gasteiger partial charge >= 0.3 is 0 Å². The minimum absolute atomic E-state index is 0.685. The second-order valence-corrected chi connectivity index (χ2v) is 5.45. The molecule has 3 aliphatic heterocycles. The van der Waals surface area contributed by atoms with E-state index in [0.717, 1.165) is 26.3 Å². The van der Waals surface area contributed by atoms with E-state index in [1.807, 2.05) is 0 Å². The lowest BCUT2D eigenvalue weighted by Crippen LogP contribution is -2.59. The standard InChI is InChI=1S/C13H25N3O/c1-2-8-16(15-9-11-17-12-10-15)13(5-1)14-6-3-4-7-14/h13H,1-12H2. The van der Waals surface area contributed by atoms with Gasteiger partial charge in [-0.2, -0.15) is 0 Å². The first-order valence-corrected chi connectivity index (χ1v) is 7.28. The van der Waals surface area contributed by atoms with Crippen molar-refractivity contribution in [1.29, 1.82) is 0 Å². The smallest absolute Gasteiger partial charge is 0.0760 e. The fourth-order valence-electron chi connectivity index (χ4n) is 3.45. The molecule has 17 heavy (non-hydrogen) atoms. The van der Waals surface area contributed by atoms with Crippen LogP contribution in [0.3, 0.4) is 0 Å². The largest absolute Gasteiger partial charge is 0.379 e. The van der Waals surface area contributed by atoms with Crippen LogP contribution in [0.5, 0.6) is 0 Å². The summed E-state index contributed by atoms with van der Waals surface area (Å²) in [6, 6.07) is 0. The highest BCUT2D eigenvalue weighted by atomic mass is 16.5. The van der Waals surface area contributed by atoms with E-state index in [1.54, 1.807) is 0 Å². The monoisotopic (exact) mass is 239 g/mol. The van der Waals surface area contributed by atoms with E-state index >= 15 is 0 Å². The zero-order valence-corrected chi connectivity index (χ0v) is 10.8. The average Bonchev–Trinajstić information content (AvgIpc) is 2.94. The molecule has 3 saturated heterocycles. The summed E-state index contributed by atoms with van der Waals surface area (Å²) in [4.78, 5) is 2.70. The number of piperidine rings is 1. The Hall–Kier alpha value is -0.160. The van der Waals surface area contributed by atoms with Gasteiger partial charge in [-0.05, 0) is 45.2 Å². The van der Waals surface area contributed by atoms with Crippen molar-refractivity contribution < 1.29 is 4.74 Å². The summed E-state index contributed by atoms with van der Waals surface area (Å²) >= 11 is 0. The van der Waals surface area contributed by atoms with Crippen molar-refractivity contribution in [2.75, 3.05) is 45.9 Å². The minimum Gasteiger partial charge on any atom is -0.379 e. The summed E-state index contributed by atoms with van der Waals surface area (Å²) in [5.74, 6) is 0. The molecule has 0 aromatic carbocycles. The molecule has 0 bridgehead atoms. The Kier molecular flexibility index (Phi) is 3.96. The van der Waals surface area contributed by atoms with Crippen LogP contribution in [-0.4, -0.2) is 67.0 Å². The second kappa shape index (κ2) is 5.65. The van der Waals surface area contributed by atoms with Crippen LogP contribution in [0.15, 0.2) is 0 Å². The number of likely N-dealkylation sites (tertiary alicyclic amines) is 1. The predicted octanol–water partition coefficient (Wildman–Crippen LogP) is 1.14. The summed E-state index contributed by atoms with van der Waals surface area (Å²) in [5.41, 5.74) is 0. The maximum absolute atomic E-state index is 5.47. The topological polar surface area (TPSA) is 19.0 Å². The van der Waals surface area contributed by atoms with Crippen LogP contribution in [0, 0.1) is 0 Å². The quantitative estimate of drug-likeness (QED) is 0.719. The molecular formula is C13H25N3O. The van der Waals surface area contributed by atoms with Gasteiger partial charge in [0, 0.05) is 19.6 Å². The van der Waals surface area contributed by atoms with Crippen LogP contribution < -0.4 is 0 Å². The van der Waals surface area contributed by atoms with Gasteiger partial charge < -0.3 is 4.74 Å². The van der Waals surface area contributed by atoms with Gasteiger partial charge in [0.15, 0.2) is 0 Å². The molecule has 3 heterocycles. The average molecular weight is 239 g/mol. The fraction of sp³-hybridized carbons (Fsp3) is 1.00. The summed E-state index contributed by atoms with van der Waals surface area (Å²) in [7, 11) is 0. The molecule has 0 spiro atoms. The highest BCUT2D eigenvalue weighted by molar-refractivity contribution is 4.80. The Bertz CT molecular complexity index is 237. The van der Waals surface area contributed by atoms with Crippen LogP contribution >= 0.6 is 0 Å². The van der Waals surface area contributed by atoms with E-state index in [0.29, 0.717) is 6.17 Å². The van der Waals surface area contributed by atoms with Crippen LogP contribution in [0.2, 0.25) is 0 Å². The summed E-state index contributed by atoms with van der Waals surface area (Å²) < 4.78 is 5.47. The number of hydrazine groups is 1. The van der Waals surface area contributed by atoms with Gasteiger partial charge in [0.1, 0.15) is 0 Å². The maximum Gasteiger partial charge on any atom is 0.0760 e. The number of hydrogen-bond acceptors (Lipinski definition) is 4. The van der Waals surface area contributed by atoms with Crippen LogP contribution in [-0.2, 0) is 4.74 Å². The SMILES string of the molecule is C1CCN(N2CCOCC2)C(N2CCCC2)C1. The first kappa shape index (κ1) is 11.9. The third-order valence-corrected chi connectivity index (χ3v) is 4.36. The molecule has 0 aliphatic carbocycles. The van der Waals surface area contributed by atoms with Gasteiger partial charge in [-0.15, -0.1) is 0 Å². The zero-order chi connectivity index (χ0) is 11.5. The Balaban J connectivity index is 1.65. The number of ether oxygens (including phenoxy) is 1. The van der Waals surface area contributed by atoms with Gasteiger partial charge in [-0.3, -0.25) is 4.90 Å². The molecule has 3 rings (SSSR count). The van der Waals surface area contributed by atoms with E-state index in [1.165, 1.54) is 51.7 Å². The summed E-state index contributed by atoms with van der Waals surface area (Å²) in [5, 5.41) is 5.20. The van der Waals surface area contributed by atoms with Gasteiger partial charge in [0.2, 0.25) is 0 Å². The van der Waals surface area contributed by atoms with Gasteiger partial charge in [0.25, 0.3) is 0 Å². The van der Waals surface area contributed by atoms with E-state index in [4.69, 9.17) is 4.74 Å². The van der Waals surface area contributed by atoms with Gasteiger partial charge in [0.05, 0.1) is 19.4 Å². The fourth-order valence-corrected chi connectivity index (χ4v) is 3.45. The first-order chi connectivity index (χ1) is 8.45. The van der Waals surface area contributed by atoms with Crippen molar-refractivity contribution in [3.05, 3.63) is 0 Å². The van der Waals surface area contributed by atoms with E-state index in [9.17, 15) is 0 Å². The van der Waals surface area contributed by atoms with E-state index < -0.39 is 0 Å².